The molecule has 0 saturated heterocycles. The van der Waals surface area contributed by atoms with Crippen molar-refractivity contribution in [2.45, 2.75) is 26.8 Å². The molecule has 0 atom stereocenters. The molecule has 0 fully saturated rings. The van der Waals surface area contributed by atoms with E-state index in [0.29, 0.717) is 12.2 Å². The zero-order chi connectivity index (χ0) is 9.84. The Morgan fingerprint density at radius 1 is 1.62 bits per heavy atom. The van der Waals surface area contributed by atoms with Gasteiger partial charge < -0.3 is 0 Å². The van der Waals surface area contributed by atoms with Gasteiger partial charge in [-0.2, -0.15) is 5.10 Å². The van der Waals surface area contributed by atoms with Gasteiger partial charge in [-0.1, -0.05) is 6.92 Å². The van der Waals surface area contributed by atoms with Crippen molar-refractivity contribution in [2.24, 2.45) is 0 Å². The number of alkyl halides is 1. The average Bonchev–Trinajstić information content (AvgIpc) is 2.59. The maximum absolute atomic E-state index is 11.3. The van der Waals surface area contributed by atoms with E-state index in [1.807, 2.05) is 19.9 Å². The van der Waals surface area contributed by atoms with Gasteiger partial charge in [0.15, 0.2) is 5.78 Å². The minimum absolute atomic E-state index is 0.0227. The summed E-state index contributed by atoms with van der Waals surface area (Å²) in [6.45, 7) is 4.67. The Balaban J connectivity index is 3.03. The molecule has 0 aliphatic rings. The third kappa shape index (κ3) is 2.10. The van der Waals surface area contributed by atoms with Crippen molar-refractivity contribution in [1.29, 1.82) is 0 Å². The predicted molar refractivity (Wildman–Crippen MR) is 52.3 cm³/mol. The summed E-state index contributed by atoms with van der Waals surface area (Å²) in [7, 11) is 0. The van der Waals surface area contributed by atoms with Crippen LogP contribution in [0.2, 0.25) is 0 Å². The quantitative estimate of drug-likeness (QED) is 0.550. The highest BCUT2D eigenvalue weighted by Gasteiger charge is 2.12. The van der Waals surface area contributed by atoms with Crippen LogP contribution in [0, 0.1) is 0 Å². The van der Waals surface area contributed by atoms with Crippen LogP contribution in [0.5, 0.6) is 0 Å². The number of aryl methyl sites for hydroxylation is 2. The Bertz CT molecular complexity index is 307. The van der Waals surface area contributed by atoms with Crippen LogP contribution in [-0.4, -0.2) is 21.4 Å². The molecule has 0 unspecified atom stereocenters. The van der Waals surface area contributed by atoms with Crippen LogP contribution in [0.25, 0.3) is 0 Å². The maximum Gasteiger partial charge on any atom is 0.195 e. The Hall–Kier alpha value is -0.830. The Kier molecular flexibility index (Phi) is 3.48. The highest BCUT2D eigenvalue weighted by Crippen LogP contribution is 2.07. The summed E-state index contributed by atoms with van der Waals surface area (Å²) in [6.07, 6.45) is 0.843. The number of Topliss-reactive ketones (excluding diaryl/α,β-unsaturated/α-hetero) is 1. The van der Waals surface area contributed by atoms with E-state index in [9.17, 15) is 4.79 Å². The molecule has 0 radical (unpaired) electrons. The fraction of sp³-hybridized carbons (Fsp3) is 0.556. The van der Waals surface area contributed by atoms with Gasteiger partial charge in [-0.25, -0.2) is 0 Å². The number of nitrogens with zero attached hydrogens (tertiary/aromatic N) is 2. The topological polar surface area (TPSA) is 34.9 Å². The van der Waals surface area contributed by atoms with Crippen LogP contribution in [0.1, 0.15) is 30.0 Å². The first kappa shape index (κ1) is 10.3. The molecule has 0 aliphatic carbocycles. The summed E-state index contributed by atoms with van der Waals surface area (Å²) in [6, 6.07) is 1.81. The second-order valence-electron chi connectivity index (χ2n) is 2.75. The first-order chi connectivity index (χ1) is 6.22. The molecule has 0 aliphatic heterocycles. The van der Waals surface area contributed by atoms with Crippen LogP contribution < -0.4 is 0 Å². The fourth-order valence-electron chi connectivity index (χ4n) is 1.18. The number of aromatic nitrogens is 2. The third-order valence-electron chi connectivity index (χ3n) is 1.90. The van der Waals surface area contributed by atoms with Crippen molar-refractivity contribution in [3.63, 3.8) is 0 Å². The third-order valence-corrected chi connectivity index (χ3v) is 2.14. The lowest BCUT2D eigenvalue weighted by molar-refractivity contribution is 0.101. The molecule has 0 spiro atoms. The number of rotatable bonds is 4. The monoisotopic (exact) mass is 200 g/mol. The van der Waals surface area contributed by atoms with Crippen LogP contribution in [0.15, 0.2) is 6.07 Å². The number of ketones is 1. The van der Waals surface area contributed by atoms with Crippen molar-refractivity contribution in [1.82, 2.24) is 9.78 Å². The van der Waals surface area contributed by atoms with Gasteiger partial charge in [-0.3, -0.25) is 9.48 Å². The van der Waals surface area contributed by atoms with Crippen molar-refractivity contribution in [2.75, 3.05) is 5.88 Å². The zero-order valence-corrected chi connectivity index (χ0v) is 8.64. The van der Waals surface area contributed by atoms with E-state index in [1.54, 1.807) is 4.68 Å². The summed E-state index contributed by atoms with van der Waals surface area (Å²) in [5, 5.41) is 4.25. The highest BCUT2D eigenvalue weighted by atomic mass is 35.5. The molecular formula is C9H13ClN2O. The maximum atomic E-state index is 11.3. The molecule has 1 heterocycles. The molecule has 3 nitrogen and oxygen atoms in total. The average molecular weight is 201 g/mol. The van der Waals surface area contributed by atoms with Gasteiger partial charge in [-0.15, -0.1) is 11.6 Å². The van der Waals surface area contributed by atoms with Gasteiger partial charge >= 0.3 is 0 Å². The summed E-state index contributed by atoms with van der Waals surface area (Å²) >= 11 is 5.48. The lowest BCUT2D eigenvalue weighted by atomic mass is 10.2. The number of carbonyl (C=O) groups excluding carboxylic acids is 1. The fourth-order valence-corrected chi connectivity index (χ4v) is 1.31. The molecule has 0 N–H and O–H groups in total. The number of halogens is 1. The predicted octanol–water partition coefficient (Wildman–Crippen LogP) is 1.89. The van der Waals surface area contributed by atoms with E-state index in [4.69, 9.17) is 11.6 Å². The van der Waals surface area contributed by atoms with Gasteiger partial charge in [0.2, 0.25) is 0 Å². The molecule has 13 heavy (non-hydrogen) atoms. The Labute approximate surface area is 82.7 Å². The summed E-state index contributed by atoms with van der Waals surface area (Å²) in [5.74, 6) is -0.0369. The van der Waals surface area contributed by atoms with Crippen molar-refractivity contribution in [3.8, 4) is 0 Å². The van der Waals surface area contributed by atoms with Crippen molar-refractivity contribution in [3.05, 3.63) is 17.5 Å². The lowest BCUT2D eigenvalue weighted by Crippen LogP contribution is -2.10. The summed E-state index contributed by atoms with van der Waals surface area (Å²) in [4.78, 5) is 11.3. The first-order valence-corrected chi connectivity index (χ1v) is 4.92. The second kappa shape index (κ2) is 4.42. The molecule has 4 heteroatoms. The van der Waals surface area contributed by atoms with Crippen molar-refractivity contribution >= 4 is 17.4 Å². The van der Waals surface area contributed by atoms with E-state index in [2.05, 4.69) is 5.10 Å². The molecule has 0 amide bonds. The molecule has 0 bridgehead atoms. The molecule has 72 valence electrons. The Morgan fingerprint density at radius 2 is 2.31 bits per heavy atom. The number of carbonyl (C=O) groups is 1. The van der Waals surface area contributed by atoms with E-state index >= 15 is 0 Å². The van der Waals surface area contributed by atoms with E-state index in [-0.39, 0.29) is 11.7 Å². The van der Waals surface area contributed by atoms with E-state index in [0.717, 1.165) is 12.1 Å². The van der Waals surface area contributed by atoms with Crippen LogP contribution in [0.3, 0.4) is 0 Å². The molecule has 1 aromatic heterocycles. The molecule has 1 rings (SSSR count). The van der Waals surface area contributed by atoms with Gasteiger partial charge in [-0.05, 0) is 19.4 Å². The zero-order valence-electron chi connectivity index (χ0n) is 7.88. The van der Waals surface area contributed by atoms with E-state index < -0.39 is 0 Å². The Morgan fingerprint density at radius 3 is 2.77 bits per heavy atom. The molecular weight excluding hydrogens is 188 g/mol. The standard InChI is InChI=1S/C9H13ClN2O/c1-3-7-5-8(9(13)6-10)12(4-2)11-7/h5H,3-4,6H2,1-2H3. The van der Waals surface area contributed by atoms with Gasteiger partial charge in [0, 0.05) is 6.54 Å². The second-order valence-corrected chi connectivity index (χ2v) is 3.01. The number of hydrogen-bond donors (Lipinski definition) is 0. The first-order valence-electron chi connectivity index (χ1n) is 4.38. The van der Waals surface area contributed by atoms with Gasteiger partial charge in [0.1, 0.15) is 5.69 Å². The number of hydrogen-bond acceptors (Lipinski definition) is 2. The largest absolute Gasteiger partial charge is 0.291 e. The smallest absolute Gasteiger partial charge is 0.195 e. The van der Waals surface area contributed by atoms with Gasteiger partial charge in [0.25, 0.3) is 0 Å². The normalized spacial score (nSPS) is 10.4. The minimum Gasteiger partial charge on any atom is -0.291 e. The highest BCUT2D eigenvalue weighted by molar-refractivity contribution is 6.30. The lowest BCUT2D eigenvalue weighted by Gasteiger charge is -1.99. The van der Waals surface area contributed by atoms with Crippen LogP contribution in [0.4, 0.5) is 0 Å². The summed E-state index contributed by atoms with van der Waals surface area (Å²) in [5.41, 5.74) is 1.56. The minimum atomic E-state index is -0.0595. The SMILES string of the molecule is CCc1cc(C(=O)CCl)n(CC)n1. The van der Waals surface area contributed by atoms with E-state index in [1.165, 1.54) is 0 Å². The van der Waals surface area contributed by atoms with Crippen molar-refractivity contribution < 1.29 is 4.79 Å². The molecule has 0 aromatic carbocycles. The van der Waals surface area contributed by atoms with Crippen LogP contribution in [-0.2, 0) is 13.0 Å². The molecule has 0 saturated carbocycles. The molecule has 1 aromatic rings. The summed E-state index contributed by atoms with van der Waals surface area (Å²) < 4.78 is 1.70. The van der Waals surface area contributed by atoms with Gasteiger partial charge in [0.05, 0.1) is 11.6 Å². The van der Waals surface area contributed by atoms with Crippen LogP contribution >= 0.6 is 11.6 Å².